The zero-order chi connectivity index (χ0) is 21.8. The van der Waals surface area contributed by atoms with E-state index in [2.05, 4.69) is 16.9 Å². The summed E-state index contributed by atoms with van der Waals surface area (Å²) in [7, 11) is 0.149. The van der Waals surface area contributed by atoms with E-state index in [4.69, 9.17) is 0 Å². The van der Waals surface area contributed by atoms with E-state index in [0.29, 0.717) is 4.90 Å². The summed E-state index contributed by atoms with van der Waals surface area (Å²) in [6.07, 6.45) is 3.71. The van der Waals surface area contributed by atoms with Crippen molar-refractivity contribution in [3.8, 4) is 11.1 Å². The summed E-state index contributed by atoms with van der Waals surface area (Å²) in [5, 5.41) is 4.21. The number of aromatic nitrogens is 2. The maximum absolute atomic E-state index is 13.9. The van der Waals surface area contributed by atoms with E-state index < -0.39 is 10.0 Å². The molecule has 0 unspecified atom stereocenters. The van der Waals surface area contributed by atoms with Gasteiger partial charge in [0, 0.05) is 31.9 Å². The summed E-state index contributed by atoms with van der Waals surface area (Å²) in [6.45, 7) is 7.87. The molecule has 0 radical (unpaired) electrons. The topological polar surface area (TPSA) is 58.4 Å². The molecule has 0 fully saturated rings. The second kappa shape index (κ2) is 7.16. The first kappa shape index (κ1) is 20.5. The van der Waals surface area contributed by atoms with Gasteiger partial charge in [-0.1, -0.05) is 18.2 Å². The summed E-state index contributed by atoms with van der Waals surface area (Å²) in [5.41, 5.74) is 5.30. The van der Waals surface area contributed by atoms with E-state index in [1.165, 1.54) is 0 Å². The number of benzene rings is 2. The molecule has 0 saturated heterocycles. The summed E-state index contributed by atoms with van der Waals surface area (Å²) < 4.78 is 31.2. The molecule has 3 aromatic rings. The standard InChI is InChI=1S/C23H28N4O2S/c1-15-8-7-9-21-23(15)27(18(4)17(3)26(21)6)30(28,29)22-11-10-19(12-16(22)2)20-13-24-25(5)14-20/h7-14,17-18H,1-6H3/t17-,18+/m0/s1. The first-order chi connectivity index (χ1) is 14.1. The number of anilines is 2. The minimum Gasteiger partial charge on any atom is -0.368 e. The van der Waals surface area contributed by atoms with Gasteiger partial charge in [0.25, 0.3) is 10.0 Å². The van der Waals surface area contributed by atoms with Crippen LogP contribution in [0.4, 0.5) is 11.4 Å². The lowest BCUT2D eigenvalue weighted by molar-refractivity contribution is 0.528. The van der Waals surface area contributed by atoms with Crippen LogP contribution in [0.2, 0.25) is 0 Å². The molecule has 2 heterocycles. The zero-order valence-corrected chi connectivity index (χ0v) is 19.1. The van der Waals surface area contributed by atoms with Crippen molar-refractivity contribution in [2.24, 2.45) is 7.05 Å². The monoisotopic (exact) mass is 424 g/mol. The minimum absolute atomic E-state index is 0.0454. The predicted molar refractivity (Wildman–Crippen MR) is 122 cm³/mol. The Labute approximate surface area is 178 Å². The van der Waals surface area contributed by atoms with Crippen LogP contribution in [0.1, 0.15) is 25.0 Å². The fraction of sp³-hybridized carbons (Fsp3) is 0.348. The number of hydrogen-bond donors (Lipinski definition) is 0. The van der Waals surface area contributed by atoms with E-state index in [9.17, 15) is 8.42 Å². The van der Waals surface area contributed by atoms with Crippen LogP contribution in [-0.2, 0) is 17.1 Å². The number of para-hydroxylation sites is 1. The van der Waals surface area contributed by atoms with Crippen molar-refractivity contribution < 1.29 is 8.42 Å². The Morgan fingerprint density at radius 3 is 2.30 bits per heavy atom. The van der Waals surface area contributed by atoms with Crippen molar-refractivity contribution in [2.45, 2.75) is 44.7 Å². The molecule has 0 bridgehead atoms. The van der Waals surface area contributed by atoms with Crippen LogP contribution in [0.5, 0.6) is 0 Å². The Hall–Kier alpha value is -2.80. The van der Waals surface area contributed by atoms with Gasteiger partial charge in [0.2, 0.25) is 0 Å². The molecule has 1 aliphatic heterocycles. The summed E-state index contributed by atoms with van der Waals surface area (Å²) in [5.74, 6) is 0. The highest BCUT2D eigenvalue weighted by molar-refractivity contribution is 7.93. The first-order valence-corrected chi connectivity index (χ1v) is 11.5. The molecule has 0 spiro atoms. The number of aryl methyl sites for hydroxylation is 3. The number of rotatable bonds is 3. The van der Waals surface area contributed by atoms with E-state index in [-0.39, 0.29) is 12.1 Å². The van der Waals surface area contributed by atoms with Gasteiger partial charge in [-0.15, -0.1) is 0 Å². The van der Waals surface area contributed by atoms with Crippen LogP contribution >= 0.6 is 0 Å². The number of fused-ring (bicyclic) bond motifs is 1. The lowest BCUT2D eigenvalue weighted by atomic mass is 10.0. The lowest BCUT2D eigenvalue weighted by Gasteiger charge is -2.46. The quantitative estimate of drug-likeness (QED) is 0.634. The Morgan fingerprint density at radius 1 is 0.933 bits per heavy atom. The molecular weight excluding hydrogens is 396 g/mol. The maximum atomic E-state index is 13.9. The van der Waals surface area contributed by atoms with Gasteiger partial charge < -0.3 is 4.90 Å². The van der Waals surface area contributed by atoms with Gasteiger partial charge in [0.15, 0.2) is 0 Å². The molecule has 2 aromatic carbocycles. The van der Waals surface area contributed by atoms with Gasteiger partial charge in [-0.2, -0.15) is 5.10 Å². The second-order valence-corrected chi connectivity index (χ2v) is 10.0. The molecule has 4 rings (SSSR count). The fourth-order valence-corrected chi connectivity index (χ4v) is 6.30. The molecule has 0 amide bonds. The summed E-state index contributed by atoms with van der Waals surface area (Å²) in [4.78, 5) is 2.50. The smallest absolute Gasteiger partial charge is 0.264 e. The van der Waals surface area contributed by atoms with Crippen molar-refractivity contribution in [2.75, 3.05) is 16.3 Å². The minimum atomic E-state index is -3.74. The lowest BCUT2D eigenvalue weighted by Crippen LogP contribution is -2.54. The van der Waals surface area contributed by atoms with Gasteiger partial charge in [0.1, 0.15) is 0 Å². The molecule has 0 N–H and O–H groups in total. The average Bonchev–Trinajstić information content (AvgIpc) is 3.13. The number of hydrogen-bond acceptors (Lipinski definition) is 4. The molecule has 1 aromatic heterocycles. The molecule has 158 valence electrons. The van der Waals surface area contributed by atoms with Crippen LogP contribution in [0, 0.1) is 13.8 Å². The maximum Gasteiger partial charge on any atom is 0.264 e. The zero-order valence-electron chi connectivity index (χ0n) is 18.3. The fourth-order valence-electron chi connectivity index (χ4n) is 4.29. The van der Waals surface area contributed by atoms with Crippen molar-refractivity contribution in [3.63, 3.8) is 0 Å². The highest BCUT2D eigenvalue weighted by Gasteiger charge is 2.40. The van der Waals surface area contributed by atoms with E-state index in [0.717, 1.165) is 33.6 Å². The van der Waals surface area contributed by atoms with Crippen LogP contribution in [0.25, 0.3) is 11.1 Å². The molecular formula is C23H28N4O2S. The van der Waals surface area contributed by atoms with Crippen molar-refractivity contribution in [3.05, 3.63) is 59.9 Å². The normalized spacial score (nSPS) is 19.1. The number of nitrogens with zero attached hydrogens (tertiary/aromatic N) is 4. The Kier molecular flexibility index (Phi) is 4.89. The number of likely N-dealkylation sites (N-methyl/N-ethyl adjacent to an activating group) is 1. The summed E-state index contributed by atoms with van der Waals surface area (Å²) >= 11 is 0. The largest absolute Gasteiger partial charge is 0.368 e. The molecule has 7 heteroatoms. The van der Waals surface area contributed by atoms with E-state index >= 15 is 0 Å². The number of sulfonamides is 1. The van der Waals surface area contributed by atoms with Gasteiger partial charge >= 0.3 is 0 Å². The van der Waals surface area contributed by atoms with Crippen LogP contribution in [0.3, 0.4) is 0 Å². The molecule has 6 nitrogen and oxygen atoms in total. The van der Waals surface area contributed by atoms with Crippen molar-refractivity contribution in [1.82, 2.24) is 9.78 Å². The molecule has 0 aliphatic carbocycles. The van der Waals surface area contributed by atoms with E-state index in [1.807, 2.05) is 71.4 Å². The van der Waals surface area contributed by atoms with Crippen molar-refractivity contribution >= 4 is 21.4 Å². The Morgan fingerprint density at radius 2 is 1.67 bits per heavy atom. The summed E-state index contributed by atoms with van der Waals surface area (Å²) in [6, 6.07) is 11.3. The predicted octanol–water partition coefficient (Wildman–Crippen LogP) is 4.13. The third-order valence-electron chi connectivity index (χ3n) is 6.25. The van der Waals surface area contributed by atoms with Gasteiger partial charge in [-0.05, 0) is 62.6 Å². The van der Waals surface area contributed by atoms with Crippen LogP contribution in [0.15, 0.2) is 53.7 Å². The molecule has 1 aliphatic rings. The van der Waals surface area contributed by atoms with E-state index in [1.54, 1.807) is 21.3 Å². The highest BCUT2D eigenvalue weighted by Crippen LogP contribution is 2.43. The Bertz CT molecular complexity index is 1220. The van der Waals surface area contributed by atoms with Gasteiger partial charge in [-0.3, -0.25) is 8.99 Å². The van der Waals surface area contributed by atoms with Crippen LogP contribution in [-0.4, -0.2) is 37.3 Å². The van der Waals surface area contributed by atoms with Gasteiger partial charge in [-0.25, -0.2) is 8.42 Å². The first-order valence-electron chi connectivity index (χ1n) is 10.1. The SMILES string of the molecule is Cc1cc(-c2cnn(C)c2)ccc1S(=O)(=O)N1c2c(C)cccc2N(C)[C@@H](C)[C@H]1C. The third-order valence-corrected chi connectivity index (χ3v) is 8.29. The molecule has 2 atom stereocenters. The second-order valence-electron chi connectivity index (χ2n) is 8.22. The Balaban J connectivity index is 1.85. The molecule has 30 heavy (non-hydrogen) atoms. The van der Waals surface area contributed by atoms with Crippen molar-refractivity contribution in [1.29, 1.82) is 0 Å². The third kappa shape index (κ3) is 3.08. The molecule has 0 saturated carbocycles. The average molecular weight is 425 g/mol. The van der Waals surface area contributed by atoms with Crippen LogP contribution < -0.4 is 9.21 Å². The van der Waals surface area contributed by atoms with Gasteiger partial charge in [0.05, 0.1) is 28.5 Å². The highest BCUT2D eigenvalue weighted by atomic mass is 32.2.